The fourth-order valence-corrected chi connectivity index (χ4v) is 1.39. The average molecular weight is 182 g/mol. The number of H-pyrrole nitrogens is 1. The van der Waals surface area contributed by atoms with Crippen molar-refractivity contribution in [3.63, 3.8) is 0 Å². The zero-order valence-electron chi connectivity index (χ0n) is 8.63. The Morgan fingerprint density at radius 1 is 1.54 bits per heavy atom. The highest BCUT2D eigenvalue weighted by atomic mass is 16.1. The molecule has 0 saturated carbocycles. The maximum atomic E-state index is 11.4. The standard InChI is InChI=1S/C10H18N2O/c1-4-5-9-6-10(13)12(11-9)7-8(2)3/h6,8,11H,4-5,7H2,1-3H3. The van der Waals surface area contributed by atoms with Crippen LogP contribution in [0.4, 0.5) is 0 Å². The normalized spacial score (nSPS) is 11.1. The molecule has 1 heterocycles. The van der Waals surface area contributed by atoms with E-state index >= 15 is 0 Å². The molecule has 0 saturated heterocycles. The van der Waals surface area contributed by atoms with Gasteiger partial charge >= 0.3 is 0 Å². The minimum atomic E-state index is 0.0946. The van der Waals surface area contributed by atoms with E-state index in [1.54, 1.807) is 10.7 Å². The molecule has 3 heteroatoms. The third-order valence-corrected chi connectivity index (χ3v) is 1.91. The van der Waals surface area contributed by atoms with E-state index in [2.05, 4.69) is 25.9 Å². The van der Waals surface area contributed by atoms with Gasteiger partial charge in [0.15, 0.2) is 0 Å². The number of rotatable bonds is 4. The van der Waals surface area contributed by atoms with Crippen molar-refractivity contribution in [2.24, 2.45) is 5.92 Å². The van der Waals surface area contributed by atoms with E-state index in [0.717, 1.165) is 25.1 Å². The van der Waals surface area contributed by atoms with E-state index < -0.39 is 0 Å². The van der Waals surface area contributed by atoms with Crippen molar-refractivity contribution in [3.05, 3.63) is 22.1 Å². The number of nitrogens with one attached hydrogen (secondary N) is 1. The summed E-state index contributed by atoms with van der Waals surface area (Å²) < 4.78 is 1.69. The fourth-order valence-electron chi connectivity index (χ4n) is 1.39. The molecule has 0 aliphatic carbocycles. The second-order valence-corrected chi connectivity index (χ2v) is 3.87. The van der Waals surface area contributed by atoms with E-state index in [0.29, 0.717) is 5.92 Å². The molecule has 74 valence electrons. The van der Waals surface area contributed by atoms with Crippen LogP contribution in [0.1, 0.15) is 32.9 Å². The molecule has 1 N–H and O–H groups in total. The second kappa shape index (κ2) is 4.30. The van der Waals surface area contributed by atoms with Gasteiger partial charge in [-0.25, -0.2) is 0 Å². The van der Waals surface area contributed by atoms with Crippen LogP contribution in [0.15, 0.2) is 10.9 Å². The van der Waals surface area contributed by atoms with Crippen LogP contribution in [0, 0.1) is 5.92 Å². The minimum Gasteiger partial charge on any atom is -0.300 e. The molecule has 0 aromatic carbocycles. The summed E-state index contributed by atoms with van der Waals surface area (Å²) in [4.78, 5) is 11.4. The highest BCUT2D eigenvalue weighted by molar-refractivity contribution is 4.99. The Kier molecular flexibility index (Phi) is 3.34. The molecule has 0 fully saturated rings. The topological polar surface area (TPSA) is 37.8 Å². The monoisotopic (exact) mass is 182 g/mol. The molecule has 3 nitrogen and oxygen atoms in total. The lowest BCUT2D eigenvalue weighted by Gasteiger charge is -2.04. The van der Waals surface area contributed by atoms with E-state index in [1.165, 1.54) is 0 Å². The van der Waals surface area contributed by atoms with Crippen LogP contribution in [0.25, 0.3) is 0 Å². The predicted octanol–water partition coefficient (Wildman–Crippen LogP) is 1.78. The molecule has 0 aliphatic rings. The Hall–Kier alpha value is -0.990. The number of aromatic nitrogens is 2. The van der Waals surface area contributed by atoms with Crippen molar-refractivity contribution >= 4 is 0 Å². The van der Waals surface area contributed by atoms with Crippen LogP contribution < -0.4 is 5.56 Å². The lowest BCUT2D eigenvalue weighted by molar-refractivity contribution is 0.469. The predicted molar refractivity (Wildman–Crippen MR) is 53.9 cm³/mol. The first-order valence-corrected chi connectivity index (χ1v) is 4.92. The molecule has 0 unspecified atom stereocenters. The van der Waals surface area contributed by atoms with E-state index in [9.17, 15) is 4.79 Å². The first kappa shape index (κ1) is 10.1. The van der Waals surface area contributed by atoms with Crippen LogP contribution in [0.5, 0.6) is 0 Å². The Labute approximate surface area is 78.8 Å². The first-order chi connectivity index (χ1) is 6.13. The zero-order chi connectivity index (χ0) is 9.84. The highest BCUT2D eigenvalue weighted by Gasteiger charge is 2.03. The van der Waals surface area contributed by atoms with Gasteiger partial charge in [0.2, 0.25) is 0 Å². The quantitative estimate of drug-likeness (QED) is 0.757. The number of hydrogen-bond acceptors (Lipinski definition) is 1. The molecule has 1 rings (SSSR count). The average Bonchev–Trinajstić information content (AvgIpc) is 2.31. The summed E-state index contributed by atoms with van der Waals surface area (Å²) in [5.41, 5.74) is 1.14. The maximum Gasteiger partial charge on any atom is 0.266 e. The van der Waals surface area contributed by atoms with Crippen molar-refractivity contribution in [2.75, 3.05) is 0 Å². The highest BCUT2D eigenvalue weighted by Crippen LogP contribution is 1.98. The van der Waals surface area contributed by atoms with Crippen LogP contribution >= 0.6 is 0 Å². The van der Waals surface area contributed by atoms with Crippen LogP contribution in [-0.2, 0) is 13.0 Å². The number of aromatic amines is 1. The Bertz CT molecular complexity index is 309. The smallest absolute Gasteiger partial charge is 0.266 e. The maximum absolute atomic E-state index is 11.4. The van der Waals surface area contributed by atoms with Gasteiger partial charge in [-0.2, -0.15) is 0 Å². The summed E-state index contributed by atoms with van der Waals surface area (Å²) in [5.74, 6) is 0.505. The first-order valence-electron chi connectivity index (χ1n) is 4.92. The van der Waals surface area contributed by atoms with Gasteiger partial charge in [0.05, 0.1) is 0 Å². The van der Waals surface area contributed by atoms with Crippen molar-refractivity contribution < 1.29 is 0 Å². The van der Waals surface area contributed by atoms with Gasteiger partial charge in [-0.3, -0.25) is 14.6 Å². The van der Waals surface area contributed by atoms with Gasteiger partial charge in [-0.1, -0.05) is 27.2 Å². The van der Waals surface area contributed by atoms with Gasteiger partial charge in [-0.05, 0) is 12.3 Å². The van der Waals surface area contributed by atoms with Gasteiger partial charge in [0, 0.05) is 18.3 Å². The summed E-state index contributed by atoms with van der Waals surface area (Å²) >= 11 is 0. The number of aryl methyl sites for hydroxylation is 1. The van der Waals surface area contributed by atoms with E-state index in [1.807, 2.05) is 0 Å². The molecule has 0 amide bonds. The third-order valence-electron chi connectivity index (χ3n) is 1.91. The van der Waals surface area contributed by atoms with Gasteiger partial charge < -0.3 is 0 Å². The van der Waals surface area contributed by atoms with Crippen LogP contribution in [-0.4, -0.2) is 9.78 Å². The molecule has 0 aliphatic heterocycles. The van der Waals surface area contributed by atoms with E-state index in [4.69, 9.17) is 0 Å². The molecule has 13 heavy (non-hydrogen) atoms. The van der Waals surface area contributed by atoms with Crippen molar-refractivity contribution in [2.45, 2.75) is 40.2 Å². The second-order valence-electron chi connectivity index (χ2n) is 3.87. The van der Waals surface area contributed by atoms with Crippen molar-refractivity contribution in [3.8, 4) is 0 Å². The third kappa shape index (κ3) is 2.76. The van der Waals surface area contributed by atoms with Crippen molar-refractivity contribution in [1.29, 1.82) is 0 Å². The largest absolute Gasteiger partial charge is 0.300 e. The SMILES string of the molecule is CCCc1cc(=O)n(CC(C)C)[nH]1. The molecule has 0 spiro atoms. The molecule has 0 bridgehead atoms. The molecule has 1 aromatic rings. The van der Waals surface area contributed by atoms with Crippen molar-refractivity contribution in [1.82, 2.24) is 9.78 Å². The number of hydrogen-bond donors (Lipinski definition) is 1. The summed E-state index contributed by atoms with van der Waals surface area (Å²) in [6.45, 7) is 7.10. The molecule has 1 aromatic heterocycles. The summed E-state index contributed by atoms with van der Waals surface area (Å²) in [5, 5.41) is 3.12. The van der Waals surface area contributed by atoms with Crippen LogP contribution in [0.2, 0.25) is 0 Å². The molecule has 0 radical (unpaired) electrons. The fraction of sp³-hybridized carbons (Fsp3) is 0.700. The minimum absolute atomic E-state index is 0.0946. The molecular weight excluding hydrogens is 164 g/mol. The Balaban J connectivity index is 2.77. The molecular formula is C10H18N2O. The summed E-state index contributed by atoms with van der Waals surface area (Å²) in [6.07, 6.45) is 2.03. The Morgan fingerprint density at radius 2 is 2.23 bits per heavy atom. The summed E-state index contributed by atoms with van der Waals surface area (Å²) in [7, 11) is 0. The molecule has 0 atom stereocenters. The lowest BCUT2D eigenvalue weighted by atomic mass is 10.2. The lowest BCUT2D eigenvalue weighted by Crippen LogP contribution is -2.18. The van der Waals surface area contributed by atoms with Gasteiger partial charge in [-0.15, -0.1) is 0 Å². The zero-order valence-corrected chi connectivity index (χ0v) is 8.63. The van der Waals surface area contributed by atoms with Crippen LogP contribution in [0.3, 0.4) is 0 Å². The van der Waals surface area contributed by atoms with Gasteiger partial charge in [0.1, 0.15) is 0 Å². The van der Waals surface area contributed by atoms with E-state index in [-0.39, 0.29) is 5.56 Å². The summed E-state index contributed by atoms with van der Waals surface area (Å²) in [6, 6.07) is 1.70. The number of nitrogens with zero attached hydrogens (tertiary/aromatic N) is 1. The van der Waals surface area contributed by atoms with Gasteiger partial charge in [0.25, 0.3) is 5.56 Å². The Morgan fingerprint density at radius 3 is 2.77 bits per heavy atom.